The van der Waals surface area contributed by atoms with Crippen molar-refractivity contribution in [2.45, 2.75) is 107 Å². The van der Waals surface area contributed by atoms with Crippen molar-refractivity contribution in [3.8, 4) is 0 Å². The molecule has 2 aromatic heterocycles. The summed E-state index contributed by atoms with van der Waals surface area (Å²) in [6.45, 7) is 1.91. The highest BCUT2D eigenvalue weighted by atomic mass is 31.2. The van der Waals surface area contributed by atoms with Gasteiger partial charge in [0.25, 0.3) is 11.4 Å². The van der Waals surface area contributed by atoms with E-state index in [-0.39, 0.29) is 98.2 Å². The Morgan fingerprint density at radius 2 is 1.50 bits per heavy atom. The molecule has 5 atom stereocenters. The predicted octanol–water partition coefficient (Wildman–Crippen LogP) is 3.37. The Morgan fingerprint density at radius 1 is 0.791 bits per heavy atom. The summed E-state index contributed by atoms with van der Waals surface area (Å²) in [6.07, 6.45) is 3.53. The molecule has 25 heteroatoms. The lowest BCUT2D eigenvalue weighted by Crippen LogP contribution is -2.61. The van der Waals surface area contributed by atoms with Crippen molar-refractivity contribution < 1.29 is 57.5 Å². The van der Waals surface area contributed by atoms with Crippen molar-refractivity contribution in [1.29, 1.82) is 0 Å². The minimum atomic E-state index is -5.12. The van der Waals surface area contributed by atoms with Crippen LogP contribution >= 0.6 is 7.60 Å². The van der Waals surface area contributed by atoms with Crippen LogP contribution in [0.2, 0.25) is 0 Å². The Labute approximate surface area is 494 Å². The summed E-state index contributed by atoms with van der Waals surface area (Å²) in [4.78, 5) is 162. The van der Waals surface area contributed by atoms with E-state index in [2.05, 4.69) is 31.2 Å². The van der Waals surface area contributed by atoms with Gasteiger partial charge in [-0.15, -0.1) is 0 Å². The molecule has 24 nitrogen and oxygen atoms in total. The third-order valence-electron chi connectivity index (χ3n) is 17.3. The first-order valence-electron chi connectivity index (χ1n) is 29.1. The van der Waals surface area contributed by atoms with E-state index in [0.717, 1.165) is 42.6 Å². The molecule has 452 valence electrons. The standard InChI is InChI=1S/C61H70N11O13P/c1-68-50-33-39(15-19-47(50)72(61(68)82)49-21-23-52(74)66-58(49)79)36-24-28-69(29-25-36)27-8-13-53(75)70-30-26-43-17-20-48(71(43)59(80)46(35-70)65-56(77)45-32-42-31-40(14-18-44(42)64-45)60(81)86(83,84)85)57(78)63-34-41(16-22-51(62)73)55(76)67-54(37-9-4-2-5-10-37)38-11-6-3-7-12-38/h2-7,9-12,14-15,18-19,31-33,36,41,43,46,48-49,54,64H,8,13,16-17,20-30,34-35H2,1H3,(H2,62,73)(H,63,78)(H,65,77)(H,67,76)(H,66,74,79)(H2,83,84,85)/t41?,43-,46+,48+,49?/m1/s1. The lowest BCUT2D eigenvalue weighted by atomic mass is 9.89. The van der Waals surface area contributed by atoms with Gasteiger partial charge in [-0.3, -0.25) is 62.2 Å². The molecule has 8 amide bonds. The monoisotopic (exact) mass is 1200 g/mol. The number of nitrogens with zero attached hydrogens (tertiary/aromatic N) is 5. The van der Waals surface area contributed by atoms with Gasteiger partial charge in [0.2, 0.25) is 41.4 Å². The van der Waals surface area contributed by atoms with Gasteiger partial charge in [-0.25, -0.2) is 4.79 Å². The Bertz CT molecular complexity index is 3680. The molecule has 4 saturated heterocycles. The van der Waals surface area contributed by atoms with Crippen molar-refractivity contribution in [3.63, 3.8) is 0 Å². The number of aromatic nitrogens is 3. The van der Waals surface area contributed by atoms with E-state index in [1.807, 2.05) is 78.9 Å². The summed E-state index contributed by atoms with van der Waals surface area (Å²) < 4.78 is 14.8. The van der Waals surface area contributed by atoms with Crippen molar-refractivity contribution in [2.24, 2.45) is 18.7 Å². The van der Waals surface area contributed by atoms with Gasteiger partial charge in [0.1, 0.15) is 23.8 Å². The minimum absolute atomic E-state index is 0.0230. The molecule has 0 bridgehead atoms. The second kappa shape index (κ2) is 26.0. The molecule has 0 saturated carbocycles. The highest BCUT2D eigenvalue weighted by Crippen LogP contribution is 2.40. The molecular formula is C61H70N11O13P. The molecule has 4 aliphatic rings. The molecule has 0 aliphatic carbocycles. The Hall–Kier alpha value is -8.57. The zero-order chi connectivity index (χ0) is 61.0. The van der Waals surface area contributed by atoms with Gasteiger partial charge in [0.05, 0.1) is 23.0 Å². The number of rotatable bonds is 20. The number of piperidine rings is 2. The van der Waals surface area contributed by atoms with Crippen LogP contribution in [0.25, 0.3) is 21.9 Å². The van der Waals surface area contributed by atoms with Crippen molar-refractivity contribution in [3.05, 3.63) is 142 Å². The van der Waals surface area contributed by atoms with Crippen LogP contribution in [0, 0.1) is 5.92 Å². The van der Waals surface area contributed by atoms with E-state index in [4.69, 9.17) is 5.73 Å². The third kappa shape index (κ3) is 13.4. The van der Waals surface area contributed by atoms with Gasteiger partial charge in [-0.05, 0) is 130 Å². The van der Waals surface area contributed by atoms with E-state index in [1.165, 1.54) is 38.3 Å². The fourth-order valence-electron chi connectivity index (χ4n) is 12.6. The molecule has 6 aromatic rings. The van der Waals surface area contributed by atoms with Crippen LogP contribution in [0.4, 0.5) is 0 Å². The number of aryl methyl sites for hydroxylation is 1. The maximum atomic E-state index is 15.1. The minimum Gasteiger partial charge on any atom is -0.370 e. The highest BCUT2D eigenvalue weighted by Gasteiger charge is 2.46. The Kier molecular flexibility index (Phi) is 18.3. The van der Waals surface area contributed by atoms with Crippen LogP contribution in [-0.2, 0) is 45.2 Å². The molecule has 4 aliphatic heterocycles. The van der Waals surface area contributed by atoms with E-state index in [0.29, 0.717) is 42.4 Å². The van der Waals surface area contributed by atoms with Gasteiger partial charge < -0.3 is 51.2 Å². The van der Waals surface area contributed by atoms with Gasteiger partial charge >= 0.3 is 13.3 Å². The number of likely N-dealkylation sites (tertiary alicyclic amines) is 1. The number of benzene rings is 4. The number of imidazole rings is 1. The average molecular weight is 1200 g/mol. The highest BCUT2D eigenvalue weighted by molar-refractivity contribution is 7.70. The molecule has 4 aromatic carbocycles. The zero-order valence-electron chi connectivity index (χ0n) is 47.5. The second-order valence-corrected chi connectivity index (χ2v) is 24.3. The van der Waals surface area contributed by atoms with E-state index in [1.54, 1.807) is 11.9 Å². The normalized spacial score (nSPS) is 20.1. The molecule has 0 radical (unpaired) electrons. The molecule has 4 fully saturated rings. The summed E-state index contributed by atoms with van der Waals surface area (Å²) >= 11 is 0. The van der Waals surface area contributed by atoms with Crippen LogP contribution in [0.1, 0.15) is 126 Å². The lowest BCUT2D eigenvalue weighted by Gasteiger charge is -2.39. The summed E-state index contributed by atoms with van der Waals surface area (Å²) in [5, 5.41) is 11.4. The number of hydrogen-bond donors (Lipinski definition) is 8. The molecule has 9 N–H and O–H groups in total. The third-order valence-corrected chi connectivity index (χ3v) is 18.1. The number of amides is 8. The van der Waals surface area contributed by atoms with Crippen LogP contribution in [0.3, 0.4) is 0 Å². The molecule has 10 rings (SSSR count). The lowest BCUT2D eigenvalue weighted by molar-refractivity contribution is -0.145. The summed E-state index contributed by atoms with van der Waals surface area (Å²) in [7, 11) is -3.45. The van der Waals surface area contributed by atoms with Gasteiger partial charge in [0.15, 0.2) is 0 Å². The average Bonchev–Trinajstić information content (AvgIpc) is 2.38. The number of primary amides is 1. The number of nitrogens with two attached hydrogens (primary N) is 1. The smallest absolute Gasteiger partial charge is 0.370 e. The predicted molar refractivity (Wildman–Crippen MR) is 315 cm³/mol. The number of hydrogen-bond acceptors (Lipinski definition) is 12. The Balaban J connectivity index is 0.809. The number of fused-ring (bicyclic) bond motifs is 3. The topological polar surface area (TPSA) is 338 Å². The van der Waals surface area contributed by atoms with Crippen LogP contribution < -0.4 is 32.7 Å². The fraction of sp³-hybridized carbons (Fsp3) is 0.410. The summed E-state index contributed by atoms with van der Waals surface area (Å²) in [6, 6.07) is 25.5. The van der Waals surface area contributed by atoms with E-state index >= 15 is 4.79 Å². The Morgan fingerprint density at radius 3 is 2.17 bits per heavy atom. The molecule has 6 heterocycles. The number of carbonyl (C=O) groups excluding carboxylic acids is 9. The number of carbonyl (C=O) groups is 9. The second-order valence-electron chi connectivity index (χ2n) is 22.8. The molecular weight excluding hydrogens is 1130 g/mol. The molecule has 86 heavy (non-hydrogen) atoms. The maximum Gasteiger partial charge on any atom is 0.396 e. The number of H-pyrrole nitrogens is 1. The first kappa shape index (κ1) is 60.5. The van der Waals surface area contributed by atoms with Crippen molar-refractivity contribution >= 4 is 82.3 Å². The van der Waals surface area contributed by atoms with E-state index < -0.39 is 84.7 Å². The molecule has 0 spiro atoms. The quantitative estimate of drug-likeness (QED) is 0.0402. The van der Waals surface area contributed by atoms with Gasteiger partial charge in [-0.2, -0.15) is 0 Å². The van der Waals surface area contributed by atoms with Crippen LogP contribution in [0.5, 0.6) is 0 Å². The maximum absolute atomic E-state index is 15.1. The first-order valence-corrected chi connectivity index (χ1v) is 30.7. The number of nitrogens with one attached hydrogen (secondary N) is 5. The van der Waals surface area contributed by atoms with E-state index in [9.17, 15) is 57.5 Å². The van der Waals surface area contributed by atoms with Crippen LogP contribution in [0.15, 0.2) is 108 Å². The van der Waals surface area contributed by atoms with Crippen molar-refractivity contribution in [2.75, 3.05) is 39.3 Å². The fourth-order valence-corrected chi connectivity index (χ4v) is 13.1. The largest absolute Gasteiger partial charge is 0.396 e. The van der Waals surface area contributed by atoms with Gasteiger partial charge in [0, 0.05) is 68.5 Å². The summed E-state index contributed by atoms with van der Waals surface area (Å²) in [5.41, 5.74) is 7.87. The SMILES string of the molecule is Cn1c(=O)n(C2CCC(=O)NC2=O)c2ccc(C3CCN(CCCC(=O)N4CC[C@H]5CC[C@@H](C(=O)NCC(CCC(N)=O)C(=O)NC(c6ccccc6)c6ccccc6)N5C(=O)[C@@H](NC(=O)c5cc6cc(C(=O)P(=O)(O)O)ccc6[nH]5)C4)CC3)cc21. The number of aromatic amines is 1. The summed E-state index contributed by atoms with van der Waals surface area (Å²) in [5.74, 6) is -4.77. The number of imide groups is 1. The van der Waals surface area contributed by atoms with Gasteiger partial charge in [-0.1, -0.05) is 66.7 Å². The zero-order valence-corrected chi connectivity index (χ0v) is 48.4. The molecule has 2 unspecified atom stereocenters. The van der Waals surface area contributed by atoms with Crippen LogP contribution in [-0.4, -0.2) is 149 Å². The first-order chi connectivity index (χ1) is 41.2. The van der Waals surface area contributed by atoms with Crippen molar-refractivity contribution in [1.82, 2.24) is 50.1 Å².